The maximum atomic E-state index is 12.5. The van der Waals surface area contributed by atoms with Crippen LogP contribution in [0.3, 0.4) is 0 Å². The number of hydrogen-bond donors (Lipinski definition) is 3. The molecule has 2 aromatic heterocycles. The van der Waals surface area contributed by atoms with Gasteiger partial charge in [0.05, 0.1) is 6.54 Å². The monoisotopic (exact) mass is 431 g/mol. The number of aromatic amines is 1. The first-order chi connectivity index (χ1) is 14.9. The summed E-state index contributed by atoms with van der Waals surface area (Å²) in [5.41, 5.74) is 0.491. The summed E-state index contributed by atoms with van der Waals surface area (Å²) in [7, 11) is 3.16. The minimum atomic E-state index is -0.904. The Bertz CT molecular complexity index is 1130. The molecule has 0 saturated carbocycles. The fourth-order valence-corrected chi connectivity index (χ4v) is 3.28. The second-order valence-electron chi connectivity index (χ2n) is 7.28. The number of benzene rings is 1. The van der Waals surface area contributed by atoms with Gasteiger partial charge in [0.25, 0.3) is 5.56 Å². The molecule has 1 aromatic carbocycles. The molecule has 0 spiro atoms. The van der Waals surface area contributed by atoms with Gasteiger partial charge >= 0.3 is 5.69 Å². The van der Waals surface area contributed by atoms with E-state index in [-0.39, 0.29) is 24.3 Å². The highest BCUT2D eigenvalue weighted by Crippen LogP contribution is 2.17. The van der Waals surface area contributed by atoms with Crippen LogP contribution >= 0.6 is 0 Å². The first-order valence-electron chi connectivity index (χ1n) is 10.3. The van der Waals surface area contributed by atoms with Crippen LogP contribution in [0, 0.1) is 0 Å². The van der Waals surface area contributed by atoms with E-state index in [2.05, 4.69) is 22.2 Å². The molecule has 3 N–H and O–H groups in total. The van der Waals surface area contributed by atoms with Gasteiger partial charge < -0.3 is 24.5 Å². The molecule has 10 nitrogen and oxygen atoms in total. The topological polar surface area (TPSA) is 123 Å². The third-order valence-corrected chi connectivity index (χ3v) is 4.96. The second kappa shape index (κ2) is 10.3. The van der Waals surface area contributed by atoms with E-state index in [1.54, 1.807) is 11.7 Å². The highest BCUT2D eigenvalue weighted by atomic mass is 16.5. The number of nitrogens with one attached hydrogen (secondary N) is 2. The van der Waals surface area contributed by atoms with Gasteiger partial charge in [-0.3, -0.25) is 14.3 Å². The van der Waals surface area contributed by atoms with Gasteiger partial charge in [-0.2, -0.15) is 4.98 Å². The molecule has 31 heavy (non-hydrogen) atoms. The summed E-state index contributed by atoms with van der Waals surface area (Å²) in [4.78, 5) is 31.2. The molecule has 3 rings (SSSR count). The molecule has 0 aliphatic rings. The number of H-pyrrole nitrogens is 1. The van der Waals surface area contributed by atoms with Crippen molar-refractivity contribution in [1.29, 1.82) is 0 Å². The van der Waals surface area contributed by atoms with E-state index < -0.39 is 17.4 Å². The Labute approximate surface area is 179 Å². The average molecular weight is 431 g/mol. The molecular formula is C21H29N5O5. The summed E-state index contributed by atoms with van der Waals surface area (Å²) in [6.07, 6.45) is 0.716. The average Bonchev–Trinajstić information content (AvgIpc) is 3.12. The van der Waals surface area contributed by atoms with Crippen molar-refractivity contribution >= 4 is 17.1 Å². The minimum absolute atomic E-state index is 0.0413. The largest absolute Gasteiger partial charge is 0.491 e. The fraction of sp³-hybridized carbons (Fsp3) is 0.476. The smallest absolute Gasteiger partial charge is 0.329 e. The van der Waals surface area contributed by atoms with Gasteiger partial charge in [-0.25, -0.2) is 4.79 Å². The zero-order valence-electron chi connectivity index (χ0n) is 18.1. The van der Waals surface area contributed by atoms with Gasteiger partial charge in [0.2, 0.25) is 5.95 Å². The number of fused-ring (bicyclic) bond motifs is 1. The molecule has 0 radical (unpaired) electrons. The van der Waals surface area contributed by atoms with E-state index in [1.165, 1.54) is 11.6 Å². The van der Waals surface area contributed by atoms with Crippen LogP contribution in [0.5, 0.6) is 5.75 Å². The Morgan fingerprint density at radius 1 is 1.32 bits per heavy atom. The lowest BCUT2D eigenvalue weighted by Crippen LogP contribution is -2.31. The molecule has 0 fully saturated rings. The molecule has 0 amide bonds. The van der Waals surface area contributed by atoms with Gasteiger partial charge in [0.1, 0.15) is 18.5 Å². The number of ether oxygens (including phenoxy) is 2. The molecular weight excluding hydrogens is 402 g/mol. The first-order valence-corrected chi connectivity index (χ1v) is 10.3. The molecule has 3 aromatic rings. The lowest BCUT2D eigenvalue weighted by atomic mass is 10.2. The van der Waals surface area contributed by atoms with Crippen molar-refractivity contribution in [2.45, 2.75) is 32.4 Å². The van der Waals surface area contributed by atoms with Crippen LogP contribution in [0.2, 0.25) is 0 Å². The van der Waals surface area contributed by atoms with Crippen LogP contribution < -0.4 is 21.3 Å². The highest BCUT2D eigenvalue weighted by molar-refractivity contribution is 5.74. The normalized spacial score (nSPS) is 12.3. The van der Waals surface area contributed by atoms with Crippen LogP contribution in [0.4, 0.5) is 5.95 Å². The Morgan fingerprint density at radius 2 is 2.13 bits per heavy atom. The van der Waals surface area contributed by atoms with Crippen molar-refractivity contribution in [2.75, 3.05) is 32.2 Å². The van der Waals surface area contributed by atoms with Gasteiger partial charge in [-0.05, 0) is 30.5 Å². The Kier molecular flexibility index (Phi) is 7.48. The predicted molar refractivity (Wildman–Crippen MR) is 118 cm³/mol. The highest BCUT2D eigenvalue weighted by Gasteiger charge is 2.19. The van der Waals surface area contributed by atoms with Crippen molar-refractivity contribution in [1.82, 2.24) is 19.1 Å². The number of imidazole rings is 1. The van der Waals surface area contributed by atoms with Crippen LogP contribution in [0.15, 0.2) is 33.9 Å². The van der Waals surface area contributed by atoms with Crippen molar-refractivity contribution in [3.63, 3.8) is 0 Å². The zero-order valence-corrected chi connectivity index (χ0v) is 18.1. The molecule has 0 bridgehead atoms. The zero-order chi connectivity index (χ0) is 22.4. The Balaban J connectivity index is 1.83. The number of nitrogens with zero attached hydrogens (tertiary/aromatic N) is 3. The summed E-state index contributed by atoms with van der Waals surface area (Å²) in [6, 6.07) is 7.69. The second-order valence-corrected chi connectivity index (χ2v) is 7.28. The van der Waals surface area contributed by atoms with E-state index in [9.17, 15) is 14.7 Å². The van der Waals surface area contributed by atoms with E-state index >= 15 is 0 Å². The summed E-state index contributed by atoms with van der Waals surface area (Å²) in [6.45, 7) is 3.29. The van der Waals surface area contributed by atoms with Gasteiger partial charge in [-0.1, -0.05) is 19.1 Å². The number of hydrogen-bond acceptors (Lipinski definition) is 7. The molecule has 10 heteroatoms. The molecule has 1 atom stereocenters. The third kappa shape index (κ3) is 5.33. The SMILES string of the molecule is CCc1cccc(OCC(O)Cn2c(NCCCOC)nc3c2c(=O)[nH]c(=O)n3C)c1. The molecule has 0 aliphatic heterocycles. The van der Waals surface area contributed by atoms with Crippen molar-refractivity contribution in [3.05, 3.63) is 50.7 Å². The molecule has 1 unspecified atom stereocenters. The predicted octanol–water partition coefficient (Wildman–Crippen LogP) is 0.874. The van der Waals surface area contributed by atoms with Crippen LogP contribution in [-0.4, -0.2) is 57.2 Å². The van der Waals surface area contributed by atoms with Gasteiger partial charge in [-0.15, -0.1) is 0 Å². The quantitative estimate of drug-likeness (QED) is 0.385. The van der Waals surface area contributed by atoms with Crippen LogP contribution in [0.25, 0.3) is 11.2 Å². The molecule has 0 saturated heterocycles. The first kappa shape index (κ1) is 22.6. The summed E-state index contributed by atoms with van der Waals surface area (Å²) < 4.78 is 13.6. The number of anilines is 1. The van der Waals surface area contributed by atoms with Crippen molar-refractivity contribution in [2.24, 2.45) is 7.05 Å². The lowest BCUT2D eigenvalue weighted by molar-refractivity contribution is 0.0938. The number of methoxy groups -OCH3 is 1. The number of rotatable bonds is 11. The Morgan fingerprint density at radius 3 is 2.87 bits per heavy atom. The third-order valence-electron chi connectivity index (χ3n) is 4.96. The number of aromatic nitrogens is 4. The summed E-state index contributed by atoms with van der Waals surface area (Å²) >= 11 is 0. The van der Waals surface area contributed by atoms with Crippen molar-refractivity contribution < 1.29 is 14.6 Å². The van der Waals surface area contributed by atoms with E-state index in [1.807, 2.05) is 24.3 Å². The maximum Gasteiger partial charge on any atom is 0.329 e. The lowest BCUT2D eigenvalue weighted by Gasteiger charge is -2.16. The van der Waals surface area contributed by atoms with E-state index in [0.29, 0.717) is 24.8 Å². The molecule has 168 valence electrons. The number of aryl methyl sites for hydroxylation is 2. The minimum Gasteiger partial charge on any atom is -0.491 e. The standard InChI is InChI=1S/C21H29N5O5/c1-4-14-7-5-8-16(11-14)31-13-15(27)12-26-17-18(25(2)21(29)24-19(17)28)23-20(26)22-9-6-10-30-3/h5,7-8,11,15,27H,4,6,9-10,12-13H2,1-3H3,(H,22,23)(H,24,28,29). The molecule has 2 heterocycles. The maximum absolute atomic E-state index is 12.5. The number of aliphatic hydroxyl groups excluding tert-OH is 1. The summed E-state index contributed by atoms with van der Waals surface area (Å²) in [5.74, 6) is 1.07. The fourth-order valence-electron chi connectivity index (χ4n) is 3.28. The molecule has 0 aliphatic carbocycles. The van der Waals surface area contributed by atoms with Crippen LogP contribution in [0.1, 0.15) is 18.9 Å². The van der Waals surface area contributed by atoms with Crippen LogP contribution in [-0.2, 0) is 24.8 Å². The summed E-state index contributed by atoms with van der Waals surface area (Å²) in [5, 5.41) is 13.8. The van der Waals surface area contributed by atoms with Gasteiger partial charge in [0.15, 0.2) is 11.2 Å². The van der Waals surface area contributed by atoms with Gasteiger partial charge in [0, 0.05) is 27.3 Å². The number of aliphatic hydroxyl groups is 1. The Hall–Kier alpha value is -3.11. The van der Waals surface area contributed by atoms with Crippen molar-refractivity contribution in [3.8, 4) is 5.75 Å². The van der Waals surface area contributed by atoms with E-state index in [4.69, 9.17) is 9.47 Å². The van der Waals surface area contributed by atoms with E-state index in [0.717, 1.165) is 18.4 Å².